The van der Waals surface area contributed by atoms with Crippen LogP contribution in [0.25, 0.3) is 44.5 Å². The molecule has 0 aliphatic carbocycles. The third-order valence-electron chi connectivity index (χ3n) is 31.5. The Morgan fingerprint density at radius 1 is 0.319 bits per heavy atom. The minimum atomic E-state index is -0.543. The zero-order valence-corrected chi connectivity index (χ0v) is 77.7. The van der Waals surface area contributed by atoms with E-state index in [0.29, 0.717) is 53.0 Å². The second-order valence-corrected chi connectivity index (χ2v) is 39.6. The number of carbonyl (C=O) groups is 4. The van der Waals surface area contributed by atoms with E-state index in [1.165, 1.54) is 25.0 Å². The van der Waals surface area contributed by atoms with E-state index in [1.54, 1.807) is 89.7 Å². The lowest BCUT2D eigenvalue weighted by atomic mass is 9.73. The van der Waals surface area contributed by atoms with Crippen molar-refractivity contribution in [3.8, 4) is 44.5 Å². The molecule has 8 fully saturated rings. The summed E-state index contributed by atoms with van der Waals surface area (Å²) in [6.45, 7) is 15.8. The monoisotopic (exact) mass is 1820 g/mol. The number of para-hydroxylation sites is 4. The van der Waals surface area contributed by atoms with Crippen molar-refractivity contribution in [1.82, 2.24) is 73.8 Å². The van der Waals surface area contributed by atoms with Crippen molar-refractivity contribution in [3.05, 3.63) is 287 Å². The molecule has 135 heavy (non-hydrogen) atoms. The van der Waals surface area contributed by atoms with Gasteiger partial charge in [0.25, 0.3) is 0 Å². The highest BCUT2D eigenvalue weighted by Crippen LogP contribution is 2.54. The van der Waals surface area contributed by atoms with Gasteiger partial charge in [-0.3, -0.25) is 52.6 Å². The number of rotatable bonds is 16. The van der Waals surface area contributed by atoms with Crippen LogP contribution >= 0.6 is 0 Å². The Balaban J connectivity index is 0.000000108. The van der Waals surface area contributed by atoms with Crippen LogP contribution in [-0.4, -0.2) is 235 Å². The van der Waals surface area contributed by atoms with Gasteiger partial charge in [0.05, 0.1) is 91.9 Å². The topological polar surface area (TPSA) is 193 Å². The average Bonchev–Trinajstić information content (AvgIpc) is 1.62. The molecule has 0 saturated carbocycles. The summed E-state index contributed by atoms with van der Waals surface area (Å²) < 4.78 is 72.9. The molecule has 4 aromatic heterocycles. The average molecular weight is 1830 g/mol. The van der Waals surface area contributed by atoms with E-state index >= 15 is 17.6 Å². The van der Waals surface area contributed by atoms with Crippen LogP contribution in [0.5, 0.6) is 0 Å². The number of aryl methyl sites for hydroxylation is 4. The van der Waals surface area contributed by atoms with Gasteiger partial charge in [0.15, 0.2) is 0 Å². The zero-order chi connectivity index (χ0) is 92.8. The number of nitrogens with one attached hydrogen (secondary N) is 1. The molecule has 4 amide bonds. The molecular weight excluding hydrogens is 1710 g/mol. The molecule has 16 heterocycles. The Labute approximate surface area is 785 Å². The lowest BCUT2D eigenvalue weighted by Gasteiger charge is -2.44. The fraction of sp³-hybridized carbons (Fsp3) is 0.402. The lowest BCUT2D eigenvalue weighted by molar-refractivity contribution is -0.125. The Bertz CT molecular complexity index is 6290. The zero-order valence-electron chi connectivity index (χ0n) is 77.7. The normalized spacial score (nSPS) is 22.7. The third kappa shape index (κ3) is 16.6. The smallest absolute Gasteiger partial charge is 0.239 e. The van der Waals surface area contributed by atoms with Crippen LogP contribution in [0.4, 0.5) is 40.3 Å². The number of likely N-dealkylation sites (tertiary alicyclic amines) is 6. The van der Waals surface area contributed by atoms with Gasteiger partial charge in [-0.1, -0.05) is 121 Å². The highest BCUT2D eigenvalue weighted by Gasteiger charge is 2.60. The highest BCUT2D eigenvalue weighted by atomic mass is 19.1. The fourth-order valence-electron chi connectivity index (χ4n) is 23.5. The standard InChI is InChI=1S/C29H34FN5O.C28H32FN5O.C25H26FN5O.C25H25FN4O2/c1-32-13-9-24(10-14-32)34-15-11-29(12-16-34)25-5-3-4-6-27(25)35(28(29)36)20-22-8-7-21(17-26(22)30)23-18-31-33(2)19-23;1-31-12-9-23(10-13-31)33-14-11-28(19-33)24-5-3-4-6-26(24)34(27(28)35)18-21-8-7-20(15-25(21)29)22-16-30-32(2)17-22;1-29-14-19(11-28-29)17-6-7-18(22(26)10-17)15-31-23-5-3-2-4-21(23)25(24(31)32)8-9-30(16-25)20-12-27-13-20;1-28-12-19(11-27-28)17-6-7-18(22(26)10-17)13-30-23-5-3-2-4-21(23)25(24(30)31)8-9-29(16-25)20-14-32-15-20/h3-8,17-19,24H,9-16,20H2,1-2H3;3-8,15-17,23H,9-14,18-19H2,1-2H3;2-7,10-11,14,20,27H,8-9,12-13,15-16H2,1H3;2-7,10-12,20H,8-9,13-16H2,1H3. The van der Waals surface area contributed by atoms with Crippen LogP contribution in [0, 0.1) is 23.3 Å². The summed E-state index contributed by atoms with van der Waals surface area (Å²) in [4.78, 5) is 77.6. The van der Waals surface area contributed by atoms with Crippen molar-refractivity contribution in [2.45, 2.75) is 130 Å². The molecule has 3 unspecified atom stereocenters. The van der Waals surface area contributed by atoms with Gasteiger partial charge < -0.3 is 44.4 Å². The number of hydrogen-bond acceptors (Lipinski definition) is 16. The quantitative estimate of drug-likeness (QED) is 0.0897. The number of halogens is 4. The molecule has 8 saturated heterocycles. The molecule has 12 aliphatic heterocycles. The van der Waals surface area contributed by atoms with Crippen molar-refractivity contribution in [2.24, 2.45) is 28.2 Å². The summed E-state index contributed by atoms with van der Waals surface area (Å²) >= 11 is 0. The van der Waals surface area contributed by atoms with Crippen LogP contribution in [0.15, 0.2) is 219 Å². The van der Waals surface area contributed by atoms with Gasteiger partial charge in [0.2, 0.25) is 23.6 Å². The first-order valence-electron chi connectivity index (χ1n) is 47.9. The molecule has 12 aliphatic rings. The summed E-state index contributed by atoms with van der Waals surface area (Å²) in [5, 5.41) is 20.0. The summed E-state index contributed by atoms with van der Waals surface area (Å²) in [5.41, 5.74) is 14.7. The Hall–Kier alpha value is -12.1. The molecule has 8 aromatic carbocycles. The van der Waals surface area contributed by atoms with Crippen LogP contribution in [-0.2, 0) is 99.9 Å². The minimum absolute atomic E-state index is 0.0807. The summed E-state index contributed by atoms with van der Waals surface area (Å²) in [7, 11) is 11.7. The maximum atomic E-state index is 15.2. The number of ether oxygens (including phenoxy) is 1. The van der Waals surface area contributed by atoms with E-state index in [1.807, 2.05) is 160 Å². The van der Waals surface area contributed by atoms with E-state index in [0.717, 1.165) is 233 Å². The van der Waals surface area contributed by atoms with Gasteiger partial charge in [-0.25, -0.2) is 17.6 Å². The predicted molar refractivity (Wildman–Crippen MR) is 513 cm³/mol. The molecule has 3 atom stereocenters. The number of aromatic nitrogens is 8. The van der Waals surface area contributed by atoms with Gasteiger partial charge in [-0.05, 0) is 217 Å². The number of anilines is 4. The van der Waals surface area contributed by atoms with Crippen molar-refractivity contribution < 1.29 is 41.5 Å². The second kappa shape index (κ2) is 36.5. The molecule has 24 nitrogen and oxygen atoms in total. The number of piperidine rings is 3. The van der Waals surface area contributed by atoms with Gasteiger partial charge in [-0.15, -0.1) is 0 Å². The second-order valence-electron chi connectivity index (χ2n) is 39.6. The third-order valence-corrected chi connectivity index (χ3v) is 31.5. The molecule has 1 N–H and O–H groups in total. The van der Waals surface area contributed by atoms with Gasteiger partial charge in [0, 0.05) is 178 Å². The SMILES string of the molecule is CN1CCC(N2CCC3(C2)C(=O)N(Cc2ccc(-c4cnn(C)c4)cc2F)c2ccccc23)CC1.CN1CCC(N2CCC3(CC2)C(=O)N(Cc2ccc(-c4cnn(C)c4)cc2F)c2ccccc23)CC1.Cn1cc(-c2ccc(CN3C(=O)C4(CCN(C5CNC5)C4)c4ccccc43)c(F)c2)cn1.Cn1cc(-c2ccc(CN3C(=O)C4(CCN(C5COC5)C4)c4ccccc43)c(F)c2)cn1. The van der Waals surface area contributed by atoms with Crippen LogP contribution in [0.1, 0.15) is 102 Å². The molecule has 12 aromatic rings. The van der Waals surface area contributed by atoms with Crippen molar-refractivity contribution in [2.75, 3.05) is 139 Å². The number of carbonyl (C=O) groups excluding carboxylic acids is 4. The number of hydrogen-bond donors (Lipinski definition) is 1. The van der Waals surface area contributed by atoms with E-state index in [9.17, 15) is 19.2 Å². The maximum Gasteiger partial charge on any atom is 0.239 e. The van der Waals surface area contributed by atoms with Crippen LogP contribution < -0.4 is 24.9 Å². The van der Waals surface area contributed by atoms with Crippen LogP contribution in [0.2, 0.25) is 0 Å². The molecule has 28 heteroatoms. The number of benzene rings is 8. The van der Waals surface area contributed by atoms with E-state index in [-0.39, 0.29) is 73.1 Å². The highest BCUT2D eigenvalue weighted by molar-refractivity contribution is 6.11. The molecule has 0 radical (unpaired) electrons. The number of amides is 4. The van der Waals surface area contributed by atoms with Crippen molar-refractivity contribution >= 4 is 46.4 Å². The van der Waals surface area contributed by atoms with Crippen LogP contribution in [0.3, 0.4) is 0 Å². The first kappa shape index (κ1) is 89.4. The number of nitrogens with zero attached hydrogens (tertiary/aromatic N) is 18. The summed E-state index contributed by atoms with van der Waals surface area (Å²) in [6.07, 6.45) is 23.2. The predicted octanol–water partition coefficient (Wildman–Crippen LogP) is 13.8. The molecular formula is C107H117F4N19O5. The largest absolute Gasteiger partial charge is 0.378 e. The minimum Gasteiger partial charge on any atom is -0.378 e. The van der Waals surface area contributed by atoms with E-state index in [4.69, 9.17) is 4.74 Å². The molecule has 0 bridgehead atoms. The van der Waals surface area contributed by atoms with E-state index in [2.05, 4.69) is 93.5 Å². The summed E-state index contributed by atoms with van der Waals surface area (Å²) in [6, 6.07) is 55.4. The van der Waals surface area contributed by atoms with Crippen molar-refractivity contribution in [3.63, 3.8) is 0 Å². The Kier molecular flexibility index (Phi) is 24.2. The Morgan fingerprint density at radius 2 is 0.585 bits per heavy atom. The van der Waals surface area contributed by atoms with E-state index < -0.39 is 21.7 Å². The fourth-order valence-corrected chi connectivity index (χ4v) is 23.5. The van der Waals surface area contributed by atoms with Gasteiger partial charge in [-0.2, -0.15) is 20.4 Å². The first-order valence-corrected chi connectivity index (χ1v) is 47.9. The lowest BCUT2D eigenvalue weighted by Crippen LogP contribution is -2.57. The van der Waals surface area contributed by atoms with Gasteiger partial charge >= 0.3 is 0 Å². The molecule has 24 rings (SSSR count). The molecule has 698 valence electrons. The Morgan fingerprint density at radius 3 is 0.859 bits per heavy atom. The maximum absolute atomic E-state index is 15.2. The first-order chi connectivity index (χ1) is 65.5. The summed E-state index contributed by atoms with van der Waals surface area (Å²) in [5.74, 6) is -0.770. The molecule has 4 spiro atoms. The van der Waals surface area contributed by atoms with Gasteiger partial charge in [0.1, 0.15) is 23.3 Å². The van der Waals surface area contributed by atoms with Crippen molar-refractivity contribution in [1.29, 1.82) is 0 Å². The number of fused-ring (bicyclic) bond motifs is 8.